The Morgan fingerprint density at radius 2 is 1.89 bits per heavy atom. The van der Waals surface area contributed by atoms with Crippen molar-refractivity contribution in [3.05, 3.63) is 29.8 Å². The van der Waals surface area contributed by atoms with Crippen LogP contribution in [-0.4, -0.2) is 24.4 Å². The van der Waals surface area contributed by atoms with E-state index in [0.29, 0.717) is 6.61 Å². The Kier molecular flexibility index (Phi) is 6.76. The average molecular weight is 251 g/mol. The Morgan fingerprint density at radius 1 is 1.22 bits per heavy atom. The molecule has 0 saturated heterocycles. The van der Waals surface area contributed by atoms with Crippen LogP contribution in [0.1, 0.15) is 32.8 Å². The van der Waals surface area contributed by atoms with Crippen LogP contribution >= 0.6 is 0 Å². The van der Waals surface area contributed by atoms with Gasteiger partial charge in [0, 0.05) is 6.54 Å². The minimum atomic E-state index is -0.407. The maximum atomic E-state index is 9.65. The van der Waals surface area contributed by atoms with E-state index in [0.717, 1.165) is 25.3 Å². The van der Waals surface area contributed by atoms with Gasteiger partial charge in [-0.15, -0.1) is 0 Å². The molecule has 0 saturated carbocycles. The third-order valence-corrected chi connectivity index (χ3v) is 2.87. The van der Waals surface area contributed by atoms with E-state index in [2.05, 4.69) is 24.4 Å². The Balaban J connectivity index is 2.35. The summed E-state index contributed by atoms with van der Waals surface area (Å²) in [5, 5.41) is 13.0. The van der Waals surface area contributed by atoms with E-state index in [1.165, 1.54) is 5.56 Å². The fraction of sp³-hybridized carbons (Fsp3) is 0.600. The molecule has 1 aromatic carbocycles. The summed E-state index contributed by atoms with van der Waals surface area (Å²) in [4.78, 5) is 0. The van der Waals surface area contributed by atoms with Crippen LogP contribution in [-0.2, 0) is 6.54 Å². The van der Waals surface area contributed by atoms with E-state index in [1.807, 2.05) is 26.0 Å². The van der Waals surface area contributed by atoms with Crippen molar-refractivity contribution in [1.29, 1.82) is 0 Å². The third-order valence-electron chi connectivity index (χ3n) is 2.87. The maximum absolute atomic E-state index is 9.65. The van der Waals surface area contributed by atoms with Crippen molar-refractivity contribution in [2.75, 3.05) is 13.2 Å². The molecule has 0 aliphatic heterocycles. The first-order valence-corrected chi connectivity index (χ1v) is 6.74. The lowest BCUT2D eigenvalue weighted by Crippen LogP contribution is -2.23. The summed E-state index contributed by atoms with van der Waals surface area (Å²) in [6.07, 6.45) is 0.741. The molecule has 3 nitrogen and oxygen atoms in total. The molecule has 1 aromatic rings. The Morgan fingerprint density at radius 3 is 2.44 bits per heavy atom. The number of rotatable bonds is 8. The molecule has 0 fully saturated rings. The third kappa shape index (κ3) is 5.52. The van der Waals surface area contributed by atoms with Crippen LogP contribution in [0.15, 0.2) is 24.3 Å². The molecule has 1 unspecified atom stereocenters. The zero-order chi connectivity index (χ0) is 13.4. The van der Waals surface area contributed by atoms with Crippen LogP contribution in [0.4, 0.5) is 0 Å². The predicted molar refractivity (Wildman–Crippen MR) is 74.8 cm³/mol. The molecule has 0 aliphatic rings. The van der Waals surface area contributed by atoms with Gasteiger partial charge in [-0.1, -0.05) is 32.9 Å². The van der Waals surface area contributed by atoms with Crippen LogP contribution in [0, 0.1) is 5.92 Å². The molecule has 3 heteroatoms. The van der Waals surface area contributed by atoms with Gasteiger partial charge in [0.1, 0.15) is 12.4 Å². The van der Waals surface area contributed by atoms with Gasteiger partial charge in [0.15, 0.2) is 0 Å². The van der Waals surface area contributed by atoms with Gasteiger partial charge < -0.3 is 15.2 Å². The van der Waals surface area contributed by atoms with Gasteiger partial charge in [-0.2, -0.15) is 0 Å². The topological polar surface area (TPSA) is 41.5 Å². The summed E-state index contributed by atoms with van der Waals surface area (Å²) >= 11 is 0. The normalized spacial score (nSPS) is 12.7. The van der Waals surface area contributed by atoms with Crippen molar-refractivity contribution in [2.24, 2.45) is 5.92 Å². The highest BCUT2D eigenvalue weighted by molar-refractivity contribution is 5.27. The van der Waals surface area contributed by atoms with Crippen LogP contribution < -0.4 is 10.1 Å². The summed E-state index contributed by atoms with van der Waals surface area (Å²) in [6.45, 7) is 8.41. The number of hydrogen-bond acceptors (Lipinski definition) is 3. The summed E-state index contributed by atoms with van der Waals surface area (Å²) < 4.78 is 5.54. The fourth-order valence-electron chi connectivity index (χ4n) is 1.49. The van der Waals surface area contributed by atoms with Crippen molar-refractivity contribution in [2.45, 2.75) is 39.8 Å². The maximum Gasteiger partial charge on any atom is 0.119 e. The molecule has 18 heavy (non-hydrogen) atoms. The first kappa shape index (κ1) is 15.0. The largest absolute Gasteiger partial charge is 0.491 e. The zero-order valence-electron chi connectivity index (χ0n) is 11.6. The molecule has 2 N–H and O–H groups in total. The first-order valence-electron chi connectivity index (χ1n) is 6.74. The number of ether oxygens (including phenoxy) is 1. The summed E-state index contributed by atoms with van der Waals surface area (Å²) in [7, 11) is 0. The molecule has 0 aliphatic carbocycles. The lowest BCUT2D eigenvalue weighted by molar-refractivity contribution is 0.0701. The summed E-state index contributed by atoms with van der Waals surface area (Å²) in [6, 6.07) is 8.02. The van der Waals surface area contributed by atoms with Crippen molar-refractivity contribution >= 4 is 0 Å². The highest BCUT2D eigenvalue weighted by atomic mass is 16.5. The molecular formula is C15H25NO2. The standard InChI is InChI=1S/C15H25NO2/c1-4-9-16-10-13-5-7-14(8-6-13)18-11-15(17)12(2)3/h5-8,12,15-17H,4,9-11H2,1-3H3. The van der Waals surface area contributed by atoms with Crippen molar-refractivity contribution < 1.29 is 9.84 Å². The molecule has 102 valence electrons. The van der Waals surface area contributed by atoms with Crippen molar-refractivity contribution in [3.63, 3.8) is 0 Å². The number of hydrogen-bond donors (Lipinski definition) is 2. The lowest BCUT2D eigenvalue weighted by atomic mass is 10.1. The Bertz CT molecular complexity index is 322. The number of benzene rings is 1. The van der Waals surface area contributed by atoms with Crippen LogP contribution in [0.2, 0.25) is 0 Å². The minimum Gasteiger partial charge on any atom is -0.491 e. The van der Waals surface area contributed by atoms with Gasteiger partial charge in [-0.25, -0.2) is 0 Å². The number of aliphatic hydroxyl groups is 1. The number of nitrogens with one attached hydrogen (secondary N) is 1. The van der Waals surface area contributed by atoms with E-state index in [4.69, 9.17) is 4.74 Å². The zero-order valence-corrected chi connectivity index (χ0v) is 11.6. The van der Waals surface area contributed by atoms with Crippen LogP contribution in [0.25, 0.3) is 0 Å². The molecule has 0 heterocycles. The second kappa shape index (κ2) is 8.11. The molecule has 0 bridgehead atoms. The Hall–Kier alpha value is -1.06. The van der Waals surface area contributed by atoms with Crippen molar-refractivity contribution in [1.82, 2.24) is 5.32 Å². The second-order valence-electron chi connectivity index (χ2n) is 4.94. The second-order valence-corrected chi connectivity index (χ2v) is 4.94. The Labute approximate surface area is 110 Å². The molecule has 1 rings (SSSR count). The first-order chi connectivity index (χ1) is 8.63. The fourth-order valence-corrected chi connectivity index (χ4v) is 1.49. The average Bonchev–Trinajstić information content (AvgIpc) is 2.37. The predicted octanol–water partition coefficient (Wildman–Crippen LogP) is 2.58. The summed E-state index contributed by atoms with van der Waals surface area (Å²) in [5.74, 6) is 1.04. The highest BCUT2D eigenvalue weighted by Crippen LogP contribution is 2.13. The molecule has 0 radical (unpaired) electrons. The van der Waals surface area contributed by atoms with Crippen LogP contribution in [0.3, 0.4) is 0 Å². The van der Waals surface area contributed by atoms with E-state index < -0.39 is 6.10 Å². The lowest BCUT2D eigenvalue weighted by Gasteiger charge is -2.15. The minimum absolute atomic E-state index is 0.225. The van der Waals surface area contributed by atoms with Gasteiger partial charge in [-0.3, -0.25) is 0 Å². The molecule has 0 aromatic heterocycles. The van der Waals surface area contributed by atoms with E-state index in [9.17, 15) is 5.11 Å². The molecule has 0 amide bonds. The SMILES string of the molecule is CCCNCc1ccc(OCC(O)C(C)C)cc1. The molecular weight excluding hydrogens is 226 g/mol. The smallest absolute Gasteiger partial charge is 0.119 e. The van der Waals surface area contributed by atoms with E-state index in [-0.39, 0.29) is 5.92 Å². The highest BCUT2D eigenvalue weighted by Gasteiger charge is 2.09. The van der Waals surface area contributed by atoms with Gasteiger partial charge in [0.2, 0.25) is 0 Å². The van der Waals surface area contributed by atoms with Crippen LogP contribution in [0.5, 0.6) is 5.75 Å². The van der Waals surface area contributed by atoms with E-state index in [1.54, 1.807) is 0 Å². The van der Waals surface area contributed by atoms with E-state index >= 15 is 0 Å². The quantitative estimate of drug-likeness (QED) is 0.698. The monoisotopic (exact) mass is 251 g/mol. The van der Waals surface area contributed by atoms with Gasteiger partial charge in [-0.05, 0) is 36.6 Å². The number of aliphatic hydroxyl groups excluding tert-OH is 1. The van der Waals surface area contributed by atoms with Gasteiger partial charge in [0.05, 0.1) is 6.10 Å². The van der Waals surface area contributed by atoms with Gasteiger partial charge in [0.25, 0.3) is 0 Å². The van der Waals surface area contributed by atoms with Crippen molar-refractivity contribution in [3.8, 4) is 5.75 Å². The molecule has 0 spiro atoms. The summed E-state index contributed by atoms with van der Waals surface area (Å²) in [5.41, 5.74) is 1.25. The molecule has 1 atom stereocenters. The van der Waals surface area contributed by atoms with Gasteiger partial charge >= 0.3 is 0 Å².